The van der Waals surface area contributed by atoms with E-state index in [-0.39, 0.29) is 11.0 Å². The molecule has 0 radical (unpaired) electrons. The molecule has 56 heteroatoms. The van der Waals surface area contributed by atoms with Gasteiger partial charge in [0.2, 0.25) is 23.6 Å². The topological polar surface area (TPSA) is 832 Å². The first-order valence-corrected chi connectivity index (χ1v) is 40.3. The van der Waals surface area contributed by atoms with E-state index in [2.05, 4.69) is 21.3 Å². The Bertz CT molecular complexity index is 3430. The highest BCUT2D eigenvalue weighted by Crippen LogP contribution is 2.46. The van der Waals surface area contributed by atoms with Crippen LogP contribution in [-0.4, -0.2) is 525 Å². The molecule has 29 N–H and O–H groups in total. The van der Waals surface area contributed by atoms with Gasteiger partial charge in [-0.1, -0.05) is 0 Å². The van der Waals surface area contributed by atoms with E-state index < -0.39 is 373 Å². The molecule has 4 amide bonds. The van der Waals surface area contributed by atoms with Gasteiger partial charge in [0.25, 0.3) is 0 Å². The van der Waals surface area contributed by atoms with Crippen molar-refractivity contribution < 1.29 is 250 Å². The number of ether oxygens (including phenoxy) is 17. The molecule has 9 aliphatic rings. The lowest BCUT2D eigenvalue weighted by molar-refractivity contribution is -0.870. The van der Waals surface area contributed by atoms with Crippen molar-refractivity contribution >= 4 is 37.4 Å². The predicted molar refractivity (Wildman–Crippen MR) is 382 cm³/mol. The highest BCUT2D eigenvalue weighted by molar-refractivity contribution is 7.47. The molecule has 9 saturated heterocycles. The minimum Gasteiger partial charge on any atom is -0.479 e. The zero-order valence-corrected chi connectivity index (χ0v) is 67.7. The fourth-order valence-corrected chi connectivity index (χ4v) is 15.8. The summed E-state index contributed by atoms with van der Waals surface area (Å²) < 4.78 is 125. The number of aliphatic carboxylic acids is 1. The predicted octanol–water partition coefficient (Wildman–Crippen LogP) is -19.1. The van der Waals surface area contributed by atoms with Gasteiger partial charge in [0.1, 0.15) is 227 Å². The minimum absolute atomic E-state index is 0.0512. The summed E-state index contributed by atoms with van der Waals surface area (Å²) in [4.78, 5) is 75.1. The van der Waals surface area contributed by atoms with Crippen molar-refractivity contribution in [1.82, 2.24) is 21.3 Å². The first kappa shape index (κ1) is 103. The fraction of sp³-hybridized carbons (Fsp3) is 0.925. The van der Waals surface area contributed by atoms with Crippen molar-refractivity contribution in [2.45, 2.75) is 304 Å². The standard InChI is InChI=1S/C67H114N5O50P/c1-18(79)68-30-39(88)50(26(14-77)107-59(30)101)115-60-31(69-19(2)80)40(89)51(27(15-78)112-60)117-66-49(98)55(38(87)28(113-66)16-104-63-46(95)42(91)34(83)22(10-73)109-63)120-67-57(44(93)35(84)23(11-74)111-67)122-61-32(70-20(3)81)41(90)52(29(114-61)17-106-123(102,103)105-9-8-72(5,6)7)116-62-33(71-21(4)82)53(36(85)24(12-75)108-62)118-65-48(97)54(37(86)25(13-76)110-65)119-64-47(96)43(92)45(94)56(121-64)58(99)100/h22-57,59-67,73-78,83-98,101H,8-17H2,1-7H3,(H5-,68,69,70,71,79,80,81,82,99,100,102,103)/p+1/t22-,23-,24-,25-,26-,27-,28-,29-,30-,31-,32-,33-,34-,35-,36+,37+,38-,39-,40-,41-,42+,43+,44+,45+,46+,47-,48-,49+,50-,51-,52-,53-,54+,55+,56+,57+,59-,60+,61+,62+,63+,64-,65+,66+,67-/m1/s1. The van der Waals surface area contributed by atoms with Crippen LogP contribution in [0, 0.1) is 0 Å². The maximum absolute atomic E-state index is 13.8. The van der Waals surface area contributed by atoms with Gasteiger partial charge in [-0.25, -0.2) is 9.36 Å². The smallest absolute Gasteiger partial charge is 0.472 e. The lowest BCUT2D eigenvalue weighted by atomic mass is 9.93. The molecule has 1 unspecified atom stereocenters. The van der Waals surface area contributed by atoms with Crippen LogP contribution in [-0.2, 0) is 118 Å². The average molecular weight is 1820 g/mol. The van der Waals surface area contributed by atoms with Crippen LogP contribution in [0.5, 0.6) is 0 Å². The molecule has 9 rings (SSSR count). The third kappa shape index (κ3) is 24.3. The molecule has 0 aromatic rings. The highest BCUT2D eigenvalue weighted by atomic mass is 31.2. The Balaban J connectivity index is 1.06. The Morgan fingerprint density at radius 2 is 0.659 bits per heavy atom. The first-order chi connectivity index (χ1) is 57.7. The number of rotatable bonds is 35. The number of hydrogen-bond acceptors (Lipinski definition) is 48. The van der Waals surface area contributed by atoms with Crippen molar-refractivity contribution in [3.05, 3.63) is 0 Å². The maximum Gasteiger partial charge on any atom is 0.472 e. The largest absolute Gasteiger partial charge is 0.479 e. The van der Waals surface area contributed by atoms with Gasteiger partial charge in [0, 0.05) is 27.7 Å². The van der Waals surface area contributed by atoms with Crippen LogP contribution in [0.3, 0.4) is 0 Å². The Hall–Kier alpha value is -4.18. The van der Waals surface area contributed by atoms with Crippen molar-refractivity contribution in [3.8, 4) is 0 Å². The van der Waals surface area contributed by atoms with Crippen molar-refractivity contribution in [2.24, 2.45) is 0 Å². The number of carbonyl (C=O) groups excluding carboxylic acids is 4. The van der Waals surface area contributed by atoms with Crippen LogP contribution in [0.4, 0.5) is 0 Å². The summed E-state index contributed by atoms with van der Waals surface area (Å²) in [5.41, 5.74) is 0. The van der Waals surface area contributed by atoms with Gasteiger partial charge in [0.15, 0.2) is 62.7 Å². The zero-order chi connectivity index (χ0) is 91.2. The third-order valence-electron chi connectivity index (χ3n) is 21.6. The average Bonchev–Trinajstić information content (AvgIpc) is 0.766. The Labute approximate surface area is 697 Å². The lowest BCUT2D eigenvalue weighted by Crippen LogP contribution is -2.71. The zero-order valence-electron chi connectivity index (χ0n) is 66.8. The van der Waals surface area contributed by atoms with Gasteiger partial charge in [-0.05, 0) is 0 Å². The van der Waals surface area contributed by atoms with Crippen LogP contribution in [0.15, 0.2) is 0 Å². The van der Waals surface area contributed by atoms with Crippen LogP contribution < -0.4 is 21.3 Å². The summed E-state index contributed by atoms with van der Waals surface area (Å²) >= 11 is 0. The van der Waals surface area contributed by atoms with Gasteiger partial charge in [-0.15, -0.1) is 0 Å². The summed E-state index contributed by atoms with van der Waals surface area (Å²) in [7, 11) is -0.300. The fourth-order valence-electron chi connectivity index (χ4n) is 15.1. The molecule has 123 heavy (non-hydrogen) atoms. The molecule has 0 saturated carbocycles. The Morgan fingerprint density at radius 3 is 1.16 bits per heavy atom. The summed E-state index contributed by atoms with van der Waals surface area (Å²) in [5, 5.41) is 277. The van der Waals surface area contributed by atoms with E-state index in [0.717, 1.165) is 27.7 Å². The molecule has 0 spiro atoms. The van der Waals surface area contributed by atoms with Crippen LogP contribution >= 0.6 is 7.82 Å². The number of carbonyl (C=O) groups is 5. The second-order valence-corrected chi connectivity index (χ2v) is 33.1. The number of quaternary nitrogens is 1. The number of phosphoric acid groups is 1. The van der Waals surface area contributed by atoms with E-state index >= 15 is 0 Å². The number of amides is 4. The van der Waals surface area contributed by atoms with E-state index in [1.165, 1.54) is 0 Å². The van der Waals surface area contributed by atoms with Gasteiger partial charge < -0.3 is 234 Å². The van der Waals surface area contributed by atoms with E-state index in [9.17, 15) is 156 Å². The molecule has 0 aromatic carbocycles. The molecule has 712 valence electrons. The SMILES string of the molecule is CC(=O)N[C@@H]1[C@@H](O)[C@H](O[C@@H]2O[C@H](CO)[C@@H](O[C@@H]3O[C@H](CO[C@H]4O[C@H](CO)[C@@H](O)[C@H](O)[C@@H]4O)[C@@H](O)[C@H](O[C@H]4O[C@H](CO)[C@@H](O)[C@H](O)[C@@H]4O[C@@H]4O[C@H](COP(=O)(O)OCC[N+](C)(C)C)[C@@H](O[C@@H]5O[C@H](CO)[C@H](O)[C@H](O[C@@H]6O[C@H](CO)[C@H](O)[C@H](O[C@@H]7O[C@H](C(=O)O)[C@@H](O)[C@H](O)[C@H]7O)[C@H]6O)[C@H]5NC(C)=O)[C@H](O)[C@H]4NC(C)=O)[C@@H]3O)[C@H](O)[C@H]2NC(C)=O)[C@@H](CO)O[C@H]1O. The monoisotopic (exact) mass is 1820 g/mol. The van der Waals surface area contributed by atoms with Crippen LogP contribution in [0.25, 0.3) is 0 Å². The first-order valence-electron chi connectivity index (χ1n) is 38.8. The van der Waals surface area contributed by atoms with Crippen molar-refractivity contribution in [1.29, 1.82) is 0 Å². The molecule has 0 aromatic heterocycles. The number of aliphatic hydroxyl groups excluding tert-OH is 23. The Morgan fingerprint density at radius 1 is 0.317 bits per heavy atom. The second-order valence-electron chi connectivity index (χ2n) is 31.6. The van der Waals surface area contributed by atoms with E-state index in [1.54, 1.807) is 21.1 Å². The lowest BCUT2D eigenvalue weighted by Gasteiger charge is -2.51. The van der Waals surface area contributed by atoms with E-state index in [1.807, 2.05) is 0 Å². The van der Waals surface area contributed by atoms with Gasteiger partial charge in [0.05, 0.1) is 74.0 Å². The van der Waals surface area contributed by atoms with Gasteiger partial charge in [-0.3, -0.25) is 28.2 Å². The molecule has 46 atom stereocenters. The van der Waals surface area contributed by atoms with E-state index in [4.69, 9.17) is 89.6 Å². The number of nitrogens with zero attached hydrogens (tertiary/aromatic N) is 1. The third-order valence-corrected chi connectivity index (χ3v) is 22.5. The molecule has 0 bridgehead atoms. The minimum atomic E-state index is -5.35. The summed E-state index contributed by atoms with van der Waals surface area (Å²) in [5.74, 6) is -5.73. The number of likely N-dealkylation sites (N-methyl/N-ethyl adjacent to an activating group) is 1. The van der Waals surface area contributed by atoms with E-state index in [0.29, 0.717) is 0 Å². The summed E-state index contributed by atoms with van der Waals surface area (Å²) in [6, 6.07) is -7.83. The maximum atomic E-state index is 13.8. The molecular formula is C67H115N5O50P+. The number of hydrogen-bond donors (Lipinski definition) is 29. The van der Waals surface area contributed by atoms with Crippen molar-refractivity contribution in [2.75, 3.05) is 87.1 Å². The van der Waals surface area contributed by atoms with Gasteiger partial charge >= 0.3 is 13.8 Å². The molecule has 9 aliphatic heterocycles. The Kier molecular flexibility index (Phi) is 36.8. The normalized spacial score (nSPS) is 46.3. The molecule has 55 nitrogen and oxygen atoms in total. The summed E-state index contributed by atoms with van der Waals surface area (Å²) in [6.07, 6.45) is -89.9. The van der Waals surface area contributed by atoms with Crippen LogP contribution in [0.2, 0.25) is 0 Å². The number of phosphoric ester groups is 1. The van der Waals surface area contributed by atoms with Gasteiger partial charge in [-0.2, -0.15) is 0 Å². The second kappa shape index (κ2) is 44.2. The highest BCUT2D eigenvalue weighted by Gasteiger charge is 2.62. The molecule has 9 heterocycles. The van der Waals surface area contributed by atoms with Crippen LogP contribution in [0.1, 0.15) is 27.7 Å². The quantitative estimate of drug-likeness (QED) is 0.0207. The molecule has 9 fully saturated rings. The summed E-state index contributed by atoms with van der Waals surface area (Å²) in [6.45, 7) is -5.95. The van der Waals surface area contributed by atoms with Crippen molar-refractivity contribution in [3.63, 3.8) is 0 Å². The molecule has 0 aliphatic carbocycles. The number of nitrogens with one attached hydrogen (secondary N) is 4. The number of carboxylic acid groups (broad SMARTS) is 1. The number of carboxylic acids is 1. The molecular weight excluding hydrogens is 1710 g/mol. The number of aliphatic hydroxyl groups is 23.